The predicted molar refractivity (Wildman–Crippen MR) is 52.4 cm³/mol. The fourth-order valence-corrected chi connectivity index (χ4v) is 1.40. The number of aromatic nitrogens is 4. The Kier molecular flexibility index (Phi) is 2.45. The summed E-state index contributed by atoms with van der Waals surface area (Å²) < 4.78 is 7.62. The third-order valence-corrected chi connectivity index (χ3v) is 2.21. The Labute approximate surface area is 85.8 Å². The maximum Gasteiger partial charge on any atom is 0.228 e. The van der Waals surface area contributed by atoms with Crippen molar-refractivity contribution in [2.24, 2.45) is 0 Å². The van der Waals surface area contributed by atoms with Gasteiger partial charge < -0.3 is 14.1 Å². The van der Waals surface area contributed by atoms with Crippen LogP contribution in [0.5, 0.6) is 0 Å². The van der Waals surface area contributed by atoms with Gasteiger partial charge in [0.05, 0.1) is 0 Å². The van der Waals surface area contributed by atoms with E-state index < -0.39 is 0 Å². The molecule has 2 heterocycles. The van der Waals surface area contributed by atoms with Crippen molar-refractivity contribution in [2.45, 2.75) is 19.9 Å². The van der Waals surface area contributed by atoms with E-state index in [2.05, 4.69) is 15.1 Å². The van der Waals surface area contributed by atoms with Crippen LogP contribution in [0.2, 0.25) is 0 Å². The Morgan fingerprint density at radius 3 is 3.07 bits per heavy atom. The lowest BCUT2D eigenvalue weighted by Gasteiger charge is -1.97. The topological polar surface area (TPSA) is 59.6 Å². The molecule has 0 spiro atoms. The van der Waals surface area contributed by atoms with Crippen molar-refractivity contribution < 1.29 is 4.52 Å². The highest BCUT2D eigenvalue weighted by Gasteiger charge is 2.02. The molecule has 0 atom stereocenters. The molecule has 74 valence electrons. The van der Waals surface area contributed by atoms with Gasteiger partial charge in [-0.3, -0.25) is 0 Å². The zero-order valence-corrected chi connectivity index (χ0v) is 8.54. The van der Waals surface area contributed by atoms with Gasteiger partial charge in [0, 0.05) is 25.4 Å². The highest BCUT2D eigenvalue weighted by Crippen LogP contribution is 2.00. The number of aryl methyl sites for hydroxylation is 3. The SMILES string of the molecule is Cc1noc(CCn2cc[nH]c2=S)n1. The molecule has 0 unspecified atom stereocenters. The third kappa shape index (κ3) is 1.90. The molecule has 14 heavy (non-hydrogen) atoms. The molecule has 2 aromatic rings. The number of hydrogen-bond acceptors (Lipinski definition) is 4. The Hall–Kier alpha value is -1.43. The summed E-state index contributed by atoms with van der Waals surface area (Å²) in [6, 6.07) is 0. The third-order valence-electron chi connectivity index (χ3n) is 1.86. The standard InChI is InChI=1S/C8H10N4OS/c1-6-10-7(13-11-6)2-4-12-5-3-9-8(12)14/h3,5H,2,4H2,1H3,(H,9,14). The smallest absolute Gasteiger partial charge is 0.228 e. The maximum absolute atomic E-state index is 5.05. The molecule has 0 amide bonds. The number of H-pyrrole nitrogens is 1. The molecule has 0 fully saturated rings. The molecular formula is C8H10N4OS. The highest BCUT2D eigenvalue weighted by molar-refractivity contribution is 7.71. The van der Waals surface area contributed by atoms with Gasteiger partial charge in [0.15, 0.2) is 10.6 Å². The monoisotopic (exact) mass is 210 g/mol. The molecular weight excluding hydrogens is 200 g/mol. The summed E-state index contributed by atoms with van der Waals surface area (Å²) in [6.45, 7) is 2.55. The summed E-state index contributed by atoms with van der Waals surface area (Å²) in [7, 11) is 0. The van der Waals surface area contributed by atoms with Crippen LogP contribution < -0.4 is 0 Å². The Morgan fingerprint density at radius 2 is 2.50 bits per heavy atom. The van der Waals surface area contributed by atoms with E-state index >= 15 is 0 Å². The van der Waals surface area contributed by atoms with E-state index in [0.717, 1.165) is 6.54 Å². The molecule has 0 aromatic carbocycles. The fraction of sp³-hybridized carbons (Fsp3) is 0.375. The molecule has 0 radical (unpaired) electrons. The van der Waals surface area contributed by atoms with Gasteiger partial charge in [-0.25, -0.2) is 0 Å². The largest absolute Gasteiger partial charge is 0.339 e. The second-order valence-corrected chi connectivity index (χ2v) is 3.33. The van der Waals surface area contributed by atoms with Gasteiger partial charge in [0.2, 0.25) is 5.89 Å². The molecule has 1 N–H and O–H groups in total. The van der Waals surface area contributed by atoms with Crippen LogP contribution in [0, 0.1) is 11.7 Å². The van der Waals surface area contributed by atoms with Gasteiger partial charge in [-0.2, -0.15) is 4.98 Å². The highest BCUT2D eigenvalue weighted by atomic mass is 32.1. The summed E-state index contributed by atoms with van der Waals surface area (Å²) in [5.41, 5.74) is 0. The molecule has 0 saturated carbocycles. The van der Waals surface area contributed by atoms with Crippen LogP contribution in [0.3, 0.4) is 0 Å². The lowest BCUT2D eigenvalue weighted by Crippen LogP contribution is -2.00. The summed E-state index contributed by atoms with van der Waals surface area (Å²) >= 11 is 5.05. The van der Waals surface area contributed by atoms with Gasteiger partial charge in [0.1, 0.15) is 0 Å². The molecule has 0 bridgehead atoms. The normalized spacial score (nSPS) is 10.6. The van der Waals surface area contributed by atoms with Crippen LogP contribution in [0.15, 0.2) is 16.9 Å². The minimum absolute atomic E-state index is 0.644. The van der Waals surface area contributed by atoms with Crippen LogP contribution >= 0.6 is 12.2 Å². The molecule has 0 aliphatic rings. The first-order chi connectivity index (χ1) is 6.75. The Morgan fingerprint density at radius 1 is 1.64 bits per heavy atom. The number of rotatable bonds is 3. The van der Waals surface area contributed by atoms with Gasteiger partial charge in [-0.1, -0.05) is 5.16 Å². The van der Waals surface area contributed by atoms with Crippen LogP contribution in [-0.2, 0) is 13.0 Å². The van der Waals surface area contributed by atoms with Crippen molar-refractivity contribution in [3.05, 3.63) is 28.9 Å². The Bertz CT molecular complexity index is 469. The summed E-state index contributed by atoms with van der Waals surface area (Å²) in [5.74, 6) is 1.31. The molecule has 6 heteroatoms. The first kappa shape index (κ1) is 9.14. The lowest BCUT2D eigenvalue weighted by molar-refractivity contribution is 0.368. The average Bonchev–Trinajstić information content (AvgIpc) is 2.72. The fourth-order valence-electron chi connectivity index (χ4n) is 1.18. The van der Waals surface area contributed by atoms with Crippen molar-refractivity contribution in [2.75, 3.05) is 0 Å². The summed E-state index contributed by atoms with van der Waals surface area (Å²) in [4.78, 5) is 7.03. The molecule has 0 aliphatic heterocycles. The minimum atomic E-state index is 0.644. The van der Waals surface area contributed by atoms with E-state index in [1.807, 2.05) is 10.8 Å². The van der Waals surface area contributed by atoms with Crippen LogP contribution in [0.1, 0.15) is 11.7 Å². The number of nitrogens with one attached hydrogen (secondary N) is 1. The van der Waals surface area contributed by atoms with Gasteiger partial charge >= 0.3 is 0 Å². The molecule has 2 rings (SSSR count). The quantitative estimate of drug-likeness (QED) is 0.779. The number of hydrogen-bond donors (Lipinski definition) is 1. The van der Waals surface area contributed by atoms with E-state index in [9.17, 15) is 0 Å². The molecule has 2 aromatic heterocycles. The first-order valence-electron chi connectivity index (χ1n) is 4.29. The van der Waals surface area contributed by atoms with Gasteiger partial charge in [0.25, 0.3) is 0 Å². The predicted octanol–water partition coefficient (Wildman–Crippen LogP) is 1.48. The lowest BCUT2D eigenvalue weighted by atomic mass is 10.4. The van der Waals surface area contributed by atoms with E-state index in [-0.39, 0.29) is 0 Å². The number of aromatic amines is 1. The van der Waals surface area contributed by atoms with E-state index in [0.29, 0.717) is 22.9 Å². The Balaban J connectivity index is 2.01. The summed E-state index contributed by atoms with van der Waals surface area (Å²) in [5, 5.41) is 3.71. The van der Waals surface area contributed by atoms with Crippen LogP contribution in [0.4, 0.5) is 0 Å². The van der Waals surface area contributed by atoms with Crippen molar-refractivity contribution in [3.8, 4) is 0 Å². The molecule has 5 nitrogen and oxygen atoms in total. The minimum Gasteiger partial charge on any atom is -0.339 e. The second-order valence-electron chi connectivity index (χ2n) is 2.94. The van der Waals surface area contributed by atoms with Gasteiger partial charge in [-0.15, -0.1) is 0 Å². The number of nitrogens with zero attached hydrogens (tertiary/aromatic N) is 3. The summed E-state index contributed by atoms with van der Waals surface area (Å²) in [6.07, 6.45) is 4.40. The second kappa shape index (κ2) is 3.75. The van der Waals surface area contributed by atoms with E-state index in [1.165, 1.54) is 0 Å². The van der Waals surface area contributed by atoms with Crippen molar-refractivity contribution in [1.29, 1.82) is 0 Å². The first-order valence-corrected chi connectivity index (χ1v) is 4.69. The van der Waals surface area contributed by atoms with Crippen molar-refractivity contribution >= 4 is 12.2 Å². The maximum atomic E-state index is 5.05. The van der Waals surface area contributed by atoms with Crippen LogP contribution in [-0.4, -0.2) is 19.7 Å². The molecule has 0 aliphatic carbocycles. The zero-order valence-electron chi connectivity index (χ0n) is 7.73. The molecule has 0 saturated heterocycles. The van der Waals surface area contributed by atoms with E-state index in [4.69, 9.17) is 16.7 Å². The van der Waals surface area contributed by atoms with Crippen molar-refractivity contribution in [1.82, 2.24) is 19.7 Å². The number of imidazole rings is 1. The van der Waals surface area contributed by atoms with Crippen molar-refractivity contribution in [3.63, 3.8) is 0 Å². The van der Waals surface area contributed by atoms with Gasteiger partial charge in [-0.05, 0) is 19.1 Å². The zero-order chi connectivity index (χ0) is 9.97. The van der Waals surface area contributed by atoms with E-state index in [1.54, 1.807) is 13.1 Å². The van der Waals surface area contributed by atoms with Crippen LogP contribution in [0.25, 0.3) is 0 Å². The average molecular weight is 210 g/mol.